The SMILES string of the molecule is NC(N)=NCc1cc2c(c(O)c1OC1OC(CO)C(O)C(O)C1OCCc1ccnc(N)c1)C(=O)c1ccccc1C2=O. The molecular weight excluding hydrogens is 562 g/mol. The minimum absolute atomic E-state index is 0.0196. The molecule has 2 heterocycles. The number of phenolic OH excluding ortho intramolecular Hbond substituents is 1. The van der Waals surface area contributed by atoms with E-state index in [2.05, 4.69) is 9.98 Å². The molecule has 0 saturated carbocycles. The number of fused-ring (bicyclic) bond motifs is 2. The minimum Gasteiger partial charge on any atom is -0.504 e. The molecule has 226 valence electrons. The number of carbonyl (C=O) groups is 2. The number of hydrogen-bond acceptors (Lipinski definition) is 12. The lowest BCUT2D eigenvalue weighted by atomic mass is 9.82. The Morgan fingerprint density at radius 1 is 1.02 bits per heavy atom. The highest BCUT2D eigenvalue weighted by Crippen LogP contribution is 2.43. The van der Waals surface area contributed by atoms with E-state index >= 15 is 0 Å². The number of rotatable bonds is 9. The lowest BCUT2D eigenvalue weighted by Crippen LogP contribution is -2.61. The molecule has 5 unspecified atom stereocenters. The van der Waals surface area contributed by atoms with Crippen LogP contribution in [0.25, 0.3) is 0 Å². The van der Waals surface area contributed by atoms with Crippen LogP contribution in [0.3, 0.4) is 0 Å². The van der Waals surface area contributed by atoms with E-state index in [0.29, 0.717) is 12.2 Å². The number of carbonyl (C=O) groups excluding carboxylic acids is 2. The molecule has 43 heavy (non-hydrogen) atoms. The van der Waals surface area contributed by atoms with Gasteiger partial charge in [0.2, 0.25) is 6.29 Å². The molecule has 5 atom stereocenters. The first-order valence-corrected chi connectivity index (χ1v) is 13.3. The monoisotopic (exact) mass is 593 g/mol. The molecule has 10 N–H and O–H groups in total. The first-order valence-electron chi connectivity index (χ1n) is 13.3. The van der Waals surface area contributed by atoms with E-state index in [1.807, 2.05) is 0 Å². The Balaban J connectivity index is 1.52. The number of aromatic hydroxyl groups is 1. The standard InChI is InChI=1S/C29H31N5O9/c30-19-9-13(5-7-33-19)6-8-41-27-25(40)23(38)18(12-35)42-28(27)43-26-14(11-34-29(31)32)10-17-20(24(26)39)22(37)16-4-2-1-3-15(16)21(17)36/h1-5,7,9-10,18,23,25,27-28,35,38-40H,6,8,11-12H2,(H2,30,33)(H4,31,32,34). The van der Waals surface area contributed by atoms with Gasteiger partial charge in [0.25, 0.3) is 0 Å². The lowest BCUT2D eigenvalue weighted by Gasteiger charge is -2.42. The maximum absolute atomic E-state index is 13.4. The van der Waals surface area contributed by atoms with Crippen LogP contribution in [0, 0.1) is 0 Å². The second-order valence-corrected chi connectivity index (χ2v) is 10.1. The van der Waals surface area contributed by atoms with Crippen molar-refractivity contribution in [2.45, 2.75) is 43.7 Å². The number of anilines is 1. The van der Waals surface area contributed by atoms with Crippen molar-refractivity contribution in [1.82, 2.24) is 4.98 Å². The number of nitrogen functional groups attached to an aromatic ring is 1. The second-order valence-electron chi connectivity index (χ2n) is 10.1. The summed E-state index contributed by atoms with van der Waals surface area (Å²) >= 11 is 0. The van der Waals surface area contributed by atoms with E-state index in [0.717, 1.165) is 5.56 Å². The average molecular weight is 594 g/mol. The summed E-state index contributed by atoms with van der Waals surface area (Å²) in [6.07, 6.45) is -5.38. The van der Waals surface area contributed by atoms with Gasteiger partial charge in [-0.2, -0.15) is 0 Å². The normalized spacial score (nSPS) is 22.9. The van der Waals surface area contributed by atoms with E-state index in [-0.39, 0.29) is 52.7 Å². The van der Waals surface area contributed by atoms with Crippen LogP contribution in [0.2, 0.25) is 0 Å². The summed E-state index contributed by atoms with van der Waals surface area (Å²) in [6.45, 7) is -0.925. The van der Waals surface area contributed by atoms with Crippen molar-refractivity contribution in [3.05, 3.63) is 82.0 Å². The Morgan fingerprint density at radius 2 is 1.74 bits per heavy atom. The predicted octanol–water partition coefficient (Wildman–Crippen LogP) is -0.636. The number of benzene rings is 2. The Bertz CT molecular complexity index is 1580. The highest BCUT2D eigenvalue weighted by Gasteiger charge is 2.47. The van der Waals surface area contributed by atoms with Gasteiger partial charge in [-0.1, -0.05) is 24.3 Å². The number of aliphatic hydroxyl groups is 3. The van der Waals surface area contributed by atoms with Crippen molar-refractivity contribution in [3.63, 3.8) is 0 Å². The van der Waals surface area contributed by atoms with Crippen LogP contribution in [0.1, 0.15) is 43.0 Å². The van der Waals surface area contributed by atoms with E-state index in [4.69, 9.17) is 31.4 Å². The second kappa shape index (κ2) is 12.3. The van der Waals surface area contributed by atoms with Crippen LogP contribution in [-0.4, -0.2) is 86.9 Å². The summed E-state index contributed by atoms with van der Waals surface area (Å²) in [5.41, 5.74) is 17.6. The number of guanidine groups is 1. The number of aliphatic imine (C=N–C) groups is 1. The molecule has 0 bridgehead atoms. The number of aromatic nitrogens is 1. The van der Waals surface area contributed by atoms with Gasteiger partial charge < -0.3 is 51.8 Å². The number of ketones is 2. The quantitative estimate of drug-likeness (QED) is 0.0944. The zero-order chi connectivity index (χ0) is 30.8. The molecular formula is C29H31N5O9. The number of phenols is 1. The maximum atomic E-state index is 13.4. The molecule has 0 radical (unpaired) electrons. The molecule has 5 rings (SSSR count). The Labute approximate surface area is 245 Å². The van der Waals surface area contributed by atoms with Gasteiger partial charge in [0.15, 0.2) is 29.0 Å². The van der Waals surface area contributed by atoms with Gasteiger partial charge in [-0.3, -0.25) is 9.59 Å². The van der Waals surface area contributed by atoms with Crippen molar-refractivity contribution in [2.75, 3.05) is 18.9 Å². The van der Waals surface area contributed by atoms with E-state index in [9.17, 15) is 30.0 Å². The summed E-state index contributed by atoms with van der Waals surface area (Å²) in [7, 11) is 0. The van der Waals surface area contributed by atoms with Crippen molar-refractivity contribution in [2.24, 2.45) is 16.5 Å². The first kappa shape index (κ1) is 29.9. The van der Waals surface area contributed by atoms with Gasteiger partial charge in [-0.25, -0.2) is 9.98 Å². The number of nitrogens with zero attached hydrogens (tertiary/aromatic N) is 2. The molecule has 1 aromatic heterocycles. The molecule has 0 spiro atoms. The van der Waals surface area contributed by atoms with Crippen LogP contribution in [0.5, 0.6) is 11.5 Å². The largest absolute Gasteiger partial charge is 0.504 e. The van der Waals surface area contributed by atoms with Crippen LogP contribution < -0.4 is 21.9 Å². The van der Waals surface area contributed by atoms with Gasteiger partial charge >= 0.3 is 0 Å². The average Bonchev–Trinajstić information content (AvgIpc) is 2.99. The fraction of sp³-hybridized carbons (Fsp3) is 0.310. The van der Waals surface area contributed by atoms with Gasteiger partial charge in [0.05, 0.1) is 25.3 Å². The zero-order valence-corrected chi connectivity index (χ0v) is 22.8. The molecule has 2 aliphatic rings. The molecule has 14 nitrogen and oxygen atoms in total. The number of pyridine rings is 1. The van der Waals surface area contributed by atoms with E-state index < -0.39 is 54.6 Å². The van der Waals surface area contributed by atoms with Crippen molar-refractivity contribution >= 4 is 23.3 Å². The van der Waals surface area contributed by atoms with Crippen molar-refractivity contribution < 1.29 is 44.2 Å². The molecule has 1 aliphatic carbocycles. The Morgan fingerprint density at radius 3 is 2.42 bits per heavy atom. The molecule has 1 saturated heterocycles. The number of nitrogens with two attached hydrogens (primary N) is 3. The van der Waals surface area contributed by atoms with E-state index in [1.54, 1.807) is 24.3 Å². The van der Waals surface area contributed by atoms with Crippen LogP contribution in [0.15, 0.2) is 53.7 Å². The molecule has 1 fully saturated rings. The predicted molar refractivity (Wildman–Crippen MR) is 151 cm³/mol. The van der Waals surface area contributed by atoms with Gasteiger partial charge in [0.1, 0.15) is 30.2 Å². The van der Waals surface area contributed by atoms with Crippen LogP contribution in [0.4, 0.5) is 5.82 Å². The highest BCUT2D eigenvalue weighted by molar-refractivity contribution is 6.29. The minimum atomic E-state index is -1.59. The third-order valence-electron chi connectivity index (χ3n) is 7.26. The van der Waals surface area contributed by atoms with Gasteiger partial charge in [0, 0.05) is 28.5 Å². The summed E-state index contributed by atoms with van der Waals surface area (Å²) < 4.78 is 17.7. The smallest absolute Gasteiger partial charge is 0.229 e. The number of ether oxygens (including phenoxy) is 3. The summed E-state index contributed by atoms with van der Waals surface area (Å²) in [6, 6.07) is 10.9. The third-order valence-corrected chi connectivity index (χ3v) is 7.26. The Hall–Kier alpha value is -4.60. The molecule has 1 aliphatic heterocycles. The summed E-state index contributed by atoms with van der Waals surface area (Å²) in [5.74, 6) is -2.08. The van der Waals surface area contributed by atoms with Crippen molar-refractivity contribution in [1.29, 1.82) is 0 Å². The molecule has 0 amide bonds. The van der Waals surface area contributed by atoms with Gasteiger partial charge in [-0.05, 0) is 30.2 Å². The van der Waals surface area contributed by atoms with E-state index in [1.165, 1.54) is 24.4 Å². The highest BCUT2D eigenvalue weighted by atomic mass is 16.7. The first-order chi connectivity index (χ1) is 20.6. The zero-order valence-electron chi connectivity index (χ0n) is 22.8. The van der Waals surface area contributed by atoms with Gasteiger partial charge in [-0.15, -0.1) is 0 Å². The maximum Gasteiger partial charge on any atom is 0.229 e. The Kier molecular flexibility index (Phi) is 8.57. The van der Waals surface area contributed by atoms with Crippen molar-refractivity contribution in [3.8, 4) is 11.5 Å². The van der Waals surface area contributed by atoms with Crippen LogP contribution in [-0.2, 0) is 22.4 Å². The summed E-state index contributed by atoms with van der Waals surface area (Å²) in [5, 5.41) is 42.7. The lowest BCUT2D eigenvalue weighted by molar-refractivity contribution is -0.287. The fourth-order valence-corrected chi connectivity index (χ4v) is 5.11. The fourth-order valence-electron chi connectivity index (χ4n) is 5.11. The third kappa shape index (κ3) is 5.86. The number of aliphatic hydroxyl groups excluding tert-OH is 3. The molecule has 14 heteroatoms. The number of hydrogen-bond donors (Lipinski definition) is 7. The molecule has 2 aromatic carbocycles. The molecule has 3 aromatic rings. The summed E-state index contributed by atoms with van der Waals surface area (Å²) in [4.78, 5) is 34.7. The topological polar surface area (TPSA) is 246 Å². The van der Waals surface area contributed by atoms with Crippen LogP contribution >= 0.6 is 0 Å².